The molecule has 2 rings (SSSR count). The highest BCUT2D eigenvalue weighted by Gasteiger charge is 2.43. The third kappa shape index (κ3) is 2.30. The molecule has 18 heavy (non-hydrogen) atoms. The van der Waals surface area contributed by atoms with Gasteiger partial charge in [0, 0.05) is 24.4 Å². The van der Waals surface area contributed by atoms with Gasteiger partial charge in [-0.15, -0.1) is 0 Å². The Morgan fingerprint density at radius 1 is 1.17 bits per heavy atom. The van der Waals surface area contributed by atoms with Crippen LogP contribution in [0.1, 0.15) is 39.5 Å². The number of hydrogen-bond donors (Lipinski definition) is 1. The Bertz CT molecular complexity index is 317. The smallest absolute Gasteiger partial charge is 0.232 e. The average molecular weight is 252 g/mol. The van der Waals surface area contributed by atoms with Crippen LogP contribution in [0.5, 0.6) is 0 Å². The van der Waals surface area contributed by atoms with Gasteiger partial charge < -0.3 is 5.32 Å². The van der Waals surface area contributed by atoms with Gasteiger partial charge in [-0.25, -0.2) is 0 Å². The molecule has 4 nitrogen and oxygen atoms in total. The first-order valence-electron chi connectivity index (χ1n) is 7.08. The summed E-state index contributed by atoms with van der Waals surface area (Å²) in [5.74, 6) is 0.315. The van der Waals surface area contributed by atoms with Crippen molar-refractivity contribution < 1.29 is 9.59 Å². The maximum absolute atomic E-state index is 12.1. The number of nitrogens with zero attached hydrogens (tertiary/aromatic N) is 1. The molecular formula is C14H24N2O2. The normalized spacial score (nSPS) is 31.4. The lowest BCUT2D eigenvalue weighted by Gasteiger charge is -2.27. The zero-order valence-electron chi connectivity index (χ0n) is 11.6. The largest absolute Gasteiger partial charge is 0.315 e. The molecule has 3 unspecified atom stereocenters. The highest BCUT2D eigenvalue weighted by molar-refractivity contribution is 6.04. The summed E-state index contributed by atoms with van der Waals surface area (Å²) in [7, 11) is 1.93. The van der Waals surface area contributed by atoms with Crippen LogP contribution in [0.3, 0.4) is 0 Å². The van der Waals surface area contributed by atoms with E-state index in [9.17, 15) is 9.59 Å². The minimum atomic E-state index is -0.154. The van der Waals surface area contributed by atoms with Crippen LogP contribution in [-0.4, -0.2) is 36.3 Å². The van der Waals surface area contributed by atoms with Crippen molar-refractivity contribution in [2.24, 2.45) is 17.8 Å². The predicted octanol–water partition coefficient (Wildman–Crippen LogP) is 1.41. The van der Waals surface area contributed by atoms with E-state index in [0.717, 1.165) is 0 Å². The lowest BCUT2D eigenvalue weighted by atomic mass is 9.98. The van der Waals surface area contributed by atoms with Crippen LogP contribution in [0.15, 0.2) is 0 Å². The van der Waals surface area contributed by atoms with Gasteiger partial charge >= 0.3 is 0 Å². The summed E-state index contributed by atoms with van der Waals surface area (Å²) < 4.78 is 0. The second kappa shape index (κ2) is 5.39. The number of amides is 2. The summed E-state index contributed by atoms with van der Waals surface area (Å²) in [5.41, 5.74) is 0. The summed E-state index contributed by atoms with van der Waals surface area (Å²) in [6.45, 7) is 4.26. The number of carbonyl (C=O) groups is 2. The molecule has 0 radical (unpaired) electrons. The Morgan fingerprint density at radius 2 is 1.67 bits per heavy atom. The number of imide groups is 1. The summed E-state index contributed by atoms with van der Waals surface area (Å²) in [5, 5.41) is 3.30. The number of likely N-dealkylation sites (N-methyl/N-ethyl adjacent to an activating group) is 1. The van der Waals surface area contributed by atoms with Crippen LogP contribution < -0.4 is 5.32 Å². The first kappa shape index (κ1) is 13.5. The maximum Gasteiger partial charge on any atom is 0.232 e. The van der Waals surface area contributed by atoms with E-state index in [4.69, 9.17) is 0 Å². The fourth-order valence-corrected chi connectivity index (χ4v) is 3.24. The van der Waals surface area contributed by atoms with E-state index in [1.54, 1.807) is 0 Å². The van der Waals surface area contributed by atoms with E-state index in [2.05, 4.69) is 5.32 Å². The first-order chi connectivity index (χ1) is 8.56. The van der Waals surface area contributed by atoms with Gasteiger partial charge in [0.2, 0.25) is 11.8 Å². The number of carbonyl (C=O) groups excluding carboxylic acids is 2. The molecule has 0 bridgehead atoms. The Hall–Kier alpha value is -0.900. The molecule has 1 aliphatic carbocycles. The van der Waals surface area contributed by atoms with Gasteiger partial charge in [-0.1, -0.05) is 26.7 Å². The Kier molecular flexibility index (Phi) is 4.05. The van der Waals surface area contributed by atoms with Gasteiger partial charge in [0.05, 0.1) is 0 Å². The van der Waals surface area contributed by atoms with Gasteiger partial charge in [-0.3, -0.25) is 14.5 Å². The molecule has 1 saturated heterocycles. The summed E-state index contributed by atoms with van der Waals surface area (Å²) in [6.07, 6.45) is 4.98. The van der Waals surface area contributed by atoms with Crippen molar-refractivity contribution in [2.45, 2.75) is 45.6 Å². The van der Waals surface area contributed by atoms with E-state index in [-0.39, 0.29) is 29.7 Å². The Morgan fingerprint density at radius 3 is 2.11 bits per heavy atom. The van der Waals surface area contributed by atoms with Crippen molar-refractivity contribution in [1.82, 2.24) is 10.2 Å². The molecule has 1 heterocycles. The number of nitrogens with one attached hydrogen (secondary N) is 1. The molecule has 0 aromatic carbocycles. The van der Waals surface area contributed by atoms with Crippen molar-refractivity contribution in [3.05, 3.63) is 0 Å². The number of hydrogen-bond acceptors (Lipinski definition) is 3. The molecule has 3 atom stereocenters. The standard InChI is InChI=1S/C14H24N2O2/c1-9-10(2)14(18)16(13(9)17)8-12(15-3)11-6-4-5-7-11/h9-12,15H,4-8H2,1-3H3. The van der Waals surface area contributed by atoms with Crippen LogP contribution in [-0.2, 0) is 9.59 Å². The fourth-order valence-electron chi connectivity index (χ4n) is 3.24. The van der Waals surface area contributed by atoms with E-state index in [1.165, 1.54) is 30.6 Å². The molecule has 2 fully saturated rings. The third-order valence-corrected chi connectivity index (χ3v) is 4.78. The summed E-state index contributed by atoms with van der Waals surface area (Å²) in [4.78, 5) is 25.6. The molecule has 2 aliphatic rings. The van der Waals surface area contributed by atoms with E-state index in [1.807, 2.05) is 20.9 Å². The Balaban J connectivity index is 2.03. The van der Waals surface area contributed by atoms with Gasteiger partial charge in [0.1, 0.15) is 0 Å². The third-order valence-electron chi connectivity index (χ3n) is 4.78. The average Bonchev–Trinajstić information content (AvgIpc) is 2.95. The molecule has 1 N–H and O–H groups in total. The van der Waals surface area contributed by atoms with Crippen LogP contribution in [0, 0.1) is 17.8 Å². The molecule has 102 valence electrons. The summed E-state index contributed by atoms with van der Waals surface area (Å²) in [6, 6.07) is 0.262. The minimum absolute atomic E-state index is 0.00532. The highest BCUT2D eigenvalue weighted by atomic mass is 16.2. The molecular weight excluding hydrogens is 228 g/mol. The van der Waals surface area contributed by atoms with Crippen LogP contribution in [0.2, 0.25) is 0 Å². The van der Waals surface area contributed by atoms with Gasteiger partial charge in [0.15, 0.2) is 0 Å². The van der Waals surface area contributed by atoms with E-state index >= 15 is 0 Å². The van der Waals surface area contributed by atoms with Crippen molar-refractivity contribution >= 4 is 11.8 Å². The first-order valence-corrected chi connectivity index (χ1v) is 7.08. The number of likely N-dealkylation sites (tertiary alicyclic amines) is 1. The minimum Gasteiger partial charge on any atom is -0.315 e. The molecule has 1 aliphatic heterocycles. The molecule has 0 spiro atoms. The van der Waals surface area contributed by atoms with Crippen molar-refractivity contribution in [3.8, 4) is 0 Å². The quantitative estimate of drug-likeness (QED) is 0.770. The number of rotatable bonds is 4. The monoisotopic (exact) mass is 252 g/mol. The molecule has 2 amide bonds. The fraction of sp³-hybridized carbons (Fsp3) is 0.857. The van der Waals surface area contributed by atoms with Gasteiger partial charge in [-0.05, 0) is 25.8 Å². The lowest BCUT2D eigenvalue weighted by Crippen LogP contribution is -2.46. The lowest BCUT2D eigenvalue weighted by molar-refractivity contribution is -0.140. The highest BCUT2D eigenvalue weighted by Crippen LogP contribution is 2.30. The second-order valence-corrected chi connectivity index (χ2v) is 5.80. The van der Waals surface area contributed by atoms with Crippen LogP contribution >= 0.6 is 0 Å². The zero-order chi connectivity index (χ0) is 13.3. The van der Waals surface area contributed by atoms with Crippen LogP contribution in [0.25, 0.3) is 0 Å². The topological polar surface area (TPSA) is 49.4 Å². The van der Waals surface area contributed by atoms with Crippen LogP contribution in [0.4, 0.5) is 0 Å². The van der Waals surface area contributed by atoms with Gasteiger partial charge in [0.25, 0.3) is 0 Å². The molecule has 0 aromatic heterocycles. The van der Waals surface area contributed by atoms with Crippen molar-refractivity contribution in [2.75, 3.05) is 13.6 Å². The summed E-state index contributed by atoms with van der Waals surface area (Å²) >= 11 is 0. The second-order valence-electron chi connectivity index (χ2n) is 5.80. The molecule has 1 saturated carbocycles. The van der Waals surface area contributed by atoms with E-state index < -0.39 is 0 Å². The SMILES string of the molecule is CNC(CN1C(=O)C(C)C(C)C1=O)C1CCCC1. The van der Waals surface area contributed by atoms with Gasteiger partial charge in [-0.2, -0.15) is 0 Å². The van der Waals surface area contributed by atoms with Crippen molar-refractivity contribution in [1.29, 1.82) is 0 Å². The van der Waals surface area contributed by atoms with E-state index in [0.29, 0.717) is 12.5 Å². The molecule has 4 heteroatoms. The molecule has 0 aromatic rings. The van der Waals surface area contributed by atoms with Crippen molar-refractivity contribution in [3.63, 3.8) is 0 Å². The maximum atomic E-state index is 12.1. The Labute approximate surface area is 109 Å². The predicted molar refractivity (Wildman–Crippen MR) is 69.9 cm³/mol. The zero-order valence-corrected chi connectivity index (χ0v) is 11.6.